The van der Waals surface area contributed by atoms with Crippen LogP contribution in [0.1, 0.15) is 30.3 Å². The van der Waals surface area contributed by atoms with Crippen LogP contribution in [0.2, 0.25) is 0 Å². The zero-order chi connectivity index (χ0) is 17.9. The number of para-hydroxylation sites is 1. The van der Waals surface area contributed by atoms with Crippen LogP contribution in [0.5, 0.6) is 0 Å². The normalized spacial score (nSPS) is 17.4. The van der Waals surface area contributed by atoms with E-state index in [1.165, 1.54) is 0 Å². The summed E-state index contributed by atoms with van der Waals surface area (Å²) in [6.45, 7) is 2.57. The Hall–Kier alpha value is -2.50. The molecule has 134 valence electrons. The third-order valence-corrected chi connectivity index (χ3v) is 5.26. The van der Waals surface area contributed by atoms with E-state index in [9.17, 15) is 5.11 Å². The van der Waals surface area contributed by atoms with Gasteiger partial charge in [-0.15, -0.1) is 0 Å². The first-order valence-corrected chi connectivity index (χ1v) is 9.17. The van der Waals surface area contributed by atoms with Crippen LogP contribution >= 0.6 is 0 Å². The first-order chi connectivity index (χ1) is 12.7. The average molecular weight is 348 g/mol. The fraction of sp³-hybridized carbons (Fsp3) is 0.333. The second-order valence-corrected chi connectivity index (χ2v) is 7.01. The summed E-state index contributed by atoms with van der Waals surface area (Å²) in [5.41, 5.74) is 7.99. The highest BCUT2D eigenvalue weighted by Crippen LogP contribution is 2.31. The van der Waals surface area contributed by atoms with Crippen LogP contribution in [0.25, 0.3) is 10.9 Å². The van der Waals surface area contributed by atoms with Crippen LogP contribution in [0.3, 0.4) is 0 Å². The lowest BCUT2D eigenvalue weighted by atomic mass is 9.87. The van der Waals surface area contributed by atoms with Crippen molar-refractivity contribution < 1.29 is 5.11 Å². The summed E-state index contributed by atoms with van der Waals surface area (Å²) in [7, 11) is 0. The predicted molar refractivity (Wildman–Crippen MR) is 103 cm³/mol. The Balaban J connectivity index is 1.40. The molecular weight excluding hydrogens is 324 g/mol. The van der Waals surface area contributed by atoms with E-state index in [4.69, 9.17) is 5.73 Å². The van der Waals surface area contributed by atoms with Crippen LogP contribution in [0, 0.1) is 5.92 Å². The molecule has 0 amide bonds. The summed E-state index contributed by atoms with van der Waals surface area (Å²) in [5.74, 6) is 1.61. The van der Waals surface area contributed by atoms with Gasteiger partial charge in [-0.2, -0.15) is 0 Å². The van der Waals surface area contributed by atoms with E-state index >= 15 is 0 Å². The first-order valence-electron chi connectivity index (χ1n) is 9.17. The third kappa shape index (κ3) is 3.54. The first kappa shape index (κ1) is 16.9. The Labute approximate surface area is 153 Å². The number of benzene rings is 2. The Bertz CT molecular complexity index is 876. The molecule has 1 unspecified atom stereocenters. The lowest BCUT2D eigenvalue weighted by Gasteiger charge is -2.34. The minimum absolute atomic E-state index is 0.302. The van der Waals surface area contributed by atoms with E-state index in [1.54, 1.807) is 0 Å². The quantitative estimate of drug-likeness (QED) is 0.757. The fourth-order valence-corrected chi connectivity index (χ4v) is 3.77. The number of aliphatic hydroxyl groups excluding tert-OH is 1. The average Bonchev–Trinajstić information content (AvgIpc) is 2.69. The number of nitrogen functional groups attached to an aromatic ring is 1. The van der Waals surface area contributed by atoms with Gasteiger partial charge in [0.1, 0.15) is 11.6 Å². The van der Waals surface area contributed by atoms with E-state index < -0.39 is 0 Å². The number of aliphatic hydroxyl groups is 1. The van der Waals surface area contributed by atoms with Crippen molar-refractivity contribution in [3.05, 3.63) is 66.0 Å². The molecule has 2 heterocycles. The summed E-state index contributed by atoms with van der Waals surface area (Å²) in [5, 5.41) is 11.5. The zero-order valence-electron chi connectivity index (χ0n) is 14.8. The molecule has 1 saturated heterocycles. The van der Waals surface area contributed by atoms with Crippen LogP contribution < -0.4 is 5.73 Å². The molecule has 3 aromatic rings. The summed E-state index contributed by atoms with van der Waals surface area (Å²) < 4.78 is 0. The minimum atomic E-state index is -0.383. The maximum atomic E-state index is 10.6. The van der Waals surface area contributed by atoms with Gasteiger partial charge in [-0.25, -0.2) is 9.97 Å². The number of piperidine rings is 1. The number of nitrogens with zero attached hydrogens (tertiary/aromatic N) is 3. The van der Waals surface area contributed by atoms with Gasteiger partial charge in [-0.05, 0) is 49.5 Å². The zero-order valence-corrected chi connectivity index (χ0v) is 14.8. The number of rotatable bonds is 4. The SMILES string of the molecule is Nc1nc(CN2CCC(C(O)c3ccccc3)CC2)nc2ccccc12. The Morgan fingerprint density at radius 3 is 2.46 bits per heavy atom. The molecule has 5 heteroatoms. The molecule has 1 aromatic heterocycles. The number of fused-ring (bicyclic) bond motifs is 1. The molecule has 26 heavy (non-hydrogen) atoms. The second-order valence-electron chi connectivity index (χ2n) is 7.01. The van der Waals surface area contributed by atoms with Gasteiger partial charge < -0.3 is 10.8 Å². The monoisotopic (exact) mass is 348 g/mol. The van der Waals surface area contributed by atoms with Crippen LogP contribution in [-0.2, 0) is 6.54 Å². The second kappa shape index (κ2) is 7.40. The van der Waals surface area contributed by atoms with Crippen molar-refractivity contribution in [3.63, 3.8) is 0 Å². The van der Waals surface area contributed by atoms with Gasteiger partial charge in [0, 0.05) is 5.39 Å². The van der Waals surface area contributed by atoms with Gasteiger partial charge in [0.15, 0.2) is 0 Å². The summed E-state index contributed by atoms with van der Waals surface area (Å²) in [6, 6.07) is 17.8. The maximum Gasteiger partial charge on any atom is 0.145 e. The number of nitrogens with two attached hydrogens (primary N) is 1. The van der Waals surface area contributed by atoms with Crippen molar-refractivity contribution in [1.29, 1.82) is 0 Å². The molecule has 2 aromatic carbocycles. The van der Waals surface area contributed by atoms with Crippen molar-refractivity contribution in [2.24, 2.45) is 5.92 Å². The van der Waals surface area contributed by atoms with Gasteiger partial charge >= 0.3 is 0 Å². The third-order valence-electron chi connectivity index (χ3n) is 5.26. The molecule has 5 nitrogen and oxygen atoms in total. The van der Waals surface area contributed by atoms with E-state index in [0.717, 1.165) is 48.2 Å². The minimum Gasteiger partial charge on any atom is -0.388 e. The number of aromatic nitrogens is 2. The molecule has 1 fully saturated rings. The fourth-order valence-electron chi connectivity index (χ4n) is 3.77. The van der Waals surface area contributed by atoms with Gasteiger partial charge in [0.25, 0.3) is 0 Å². The van der Waals surface area contributed by atoms with Crippen LogP contribution in [0.15, 0.2) is 54.6 Å². The predicted octanol–water partition coefficient (Wildman–Crippen LogP) is 3.16. The van der Waals surface area contributed by atoms with E-state index in [-0.39, 0.29) is 6.10 Å². The van der Waals surface area contributed by atoms with Crippen molar-refractivity contribution in [1.82, 2.24) is 14.9 Å². The van der Waals surface area contributed by atoms with Crippen molar-refractivity contribution in [2.45, 2.75) is 25.5 Å². The molecule has 0 spiro atoms. The van der Waals surface area contributed by atoms with Gasteiger partial charge in [0.05, 0.1) is 18.2 Å². The Morgan fingerprint density at radius 2 is 1.69 bits per heavy atom. The molecule has 0 bridgehead atoms. The van der Waals surface area contributed by atoms with Gasteiger partial charge in [0.2, 0.25) is 0 Å². The number of hydrogen-bond acceptors (Lipinski definition) is 5. The Morgan fingerprint density at radius 1 is 1.00 bits per heavy atom. The van der Waals surface area contributed by atoms with E-state index in [1.807, 2.05) is 54.6 Å². The van der Waals surface area contributed by atoms with Gasteiger partial charge in [-0.1, -0.05) is 42.5 Å². The Kier molecular flexibility index (Phi) is 4.82. The van der Waals surface area contributed by atoms with Crippen LogP contribution in [-0.4, -0.2) is 33.1 Å². The van der Waals surface area contributed by atoms with Gasteiger partial charge in [-0.3, -0.25) is 4.90 Å². The molecule has 1 aliphatic rings. The molecule has 0 aliphatic carbocycles. The number of likely N-dealkylation sites (tertiary alicyclic amines) is 1. The van der Waals surface area contributed by atoms with Crippen molar-refractivity contribution in [3.8, 4) is 0 Å². The maximum absolute atomic E-state index is 10.6. The number of anilines is 1. The molecule has 0 radical (unpaired) electrons. The summed E-state index contributed by atoms with van der Waals surface area (Å²) >= 11 is 0. The molecule has 0 saturated carbocycles. The summed E-state index contributed by atoms with van der Waals surface area (Å²) in [6.07, 6.45) is 1.56. The molecular formula is C21H24N4O. The highest BCUT2D eigenvalue weighted by atomic mass is 16.3. The lowest BCUT2D eigenvalue weighted by Crippen LogP contribution is -2.35. The summed E-state index contributed by atoms with van der Waals surface area (Å²) in [4.78, 5) is 11.5. The lowest BCUT2D eigenvalue weighted by molar-refractivity contribution is 0.0561. The molecule has 1 atom stereocenters. The molecule has 3 N–H and O–H groups in total. The van der Waals surface area contributed by atoms with Crippen molar-refractivity contribution in [2.75, 3.05) is 18.8 Å². The molecule has 4 rings (SSSR count). The van der Waals surface area contributed by atoms with Crippen LogP contribution in [0.4, 0.5) is 5.82 Å². The topological polar surface area (TPSA) is 75.3 Å². The number of hydrogen-bond donors (Lipinski definition) is 2. The van der Waals surface area contributed by atoms with Crippen molar-refractivity contribution >= 4 is 16.7 Å². The standard InChI is InChI=1S/C21H24N4O/c22-21-17-8-4-5-9-18(17)23-19(24-21)14-25-12-10-16(11-13-25)20(26)15-6-2-1-3-7-15/h1-9,16,20,26H,10-14H2,(H2,22,23,24). The smallest absolute Gasteiger partial charge is 0.145 e. The highest BCUT2D eigenvalue weighted by molar-refractivity contribution is 5.87. The highest BCUT2D eigenvalue weighted by Gasteiger charge is 2.26. The van der Waals surface area contributed by atoms with E-state index in [2.05, 4.69) is 14.9 Å². The largest absolute Gasteiger partial charge is 0.388 e. The van der Waals surface area contributed by atoms with E-state index in [0.29, 0.717) is 18.3 Å². The molecule has 1 aliphatic heterocycles.